The van der Waals surface area contributed by atoms with Crippen molar-refractivity contribution >= 4 is 32.7 Å². The van der Waals surface area contributed by atoms with E-state index in [1.165, 1.54) is 6.07 Å². The molecule has 17 heavy (non-hydrogen) atoms. The molecule has 0 unspecified atom stereocenters. The molecule has 0 amide bonds. The van der Waals surface area contributed by atoms with Crippen molar-refractivity contribution in [3.63, 3.8) is 0 Å². The zero-order chi connectivity index (χ0) is 12.4. The summed E-state index contributed by atoms with van der Waals surface area (Å²) in [6, 6.07) is 5.02. The number of nitrogens with one attached hydrogen (secondary N) is 1. The third-order valence-corrected chi connectivity index (χ3v) is 3.33. The van der Waals surface area contributed by atoms with Crippen LogP contribution in [0.4, 0.5) is 10.2 Å². The Labute approximate surface area is 108 Å². The Morgan fingerprint density at radius 3 is 2.76 bits per heavy atom. The molecule has 1 aromatic heterocycles. The van der Waals surface area contributed by atoms with Crippen LogP contribution in [0.15, 0.2) is 22.7 Å². The molecule has 2 rings (SSSR count). The minimum Gasteiger partial charge on any atom is -0.370 e. The van der Waals surface area contributed by atoms with Gasteiger partial charge in [0, 0.05) is 16.4 Å². The Kier molecular flexibility index (Phi) is 3.62. The smallest absolute Gasteiger partial charge is 0.132 e. The maximum absolute atomic E-state index is 13.7. The molecule has 0 aliphatic carbocycles. The zero-order valence-corrected chi connectivity index (χ0v) is 11.4. The number of fused-ring (bicyclic) bond motifs is 1. The van der Waals surface area contributed by atoms with Gasteiger partial charge in [-0.15, -0.1) is 0 Å². The molecule has 1 heterocycles. The predicted molar refractivity (Wildman–Crippen MR) is 72.9 cm³/mol. The number of rotatable bonds is 3. The molecule has 0 spiro atoms. The first-order chi connectivity index (χ1) is 8.17. The predicted octanol–water partition coefficient (Wildman–Crippen LogP) is 4.13. The van der Waals surface area contributed by atoms with Gasteiger partial charge in [0.15, 0.2) is 0 Å². The van der Waals surface area contributed by atoms with Gasteiger partial charge in [-0.1, -0.05) is 6.92 Å². The molecular weight excluding hydrogens is 283 g/mol. The lowest BCUT2D eigenvalue weighted by molar-refractivity contribution is 0.639. The molecule has 0 atom stereocenters. The number of anilines is 1. The molecule has 0 aliphatic rings. The lowest BCUT2D eigenvalue weighted by atomic mass is 10.1. The van der Waals surface area contributed by atoms with E-state index in [9.17, 15) is 4.39 Å². The lowest BCUT2D eigenvalue weighted by Gasteiger charge is -2.11. The standard InChI is InChI=1S/C13H14BrFN2/c1-3-8-7-9-11(15)6-5-10(14)12(9)17-13(8)16-4-2/h5-7H,3-4H2,1-2H3,(H,16,17). The highest BCUT2D eigenvalue weighted by Gasteiger charge is 2.10. The number of nitrogens with zero attached hydrogens (tertiary/aromatic N) is 1. The first-order valence-corrected chi connectivity index (χ1v) is 6.48. The first kappa shape index (κ1) is 12.3. The summed E-state index contributed by atoms with van der Waals surface area (Å²) in [5, 5.41) is 3.78. The van der Waals surface area contributed by atoms with Crippen molar-refractivity contribution < 1.29 is 4.39 Å². The van der Waals surface area contributed by atoms with Crippen LogP contribution in [-0.4, -0.2) is 11.5 Å². The third kappa shape index (κ3) is 2.27. The Hall–Kier alpha value is -1.16. The number of benzene rings is 1. The van der Waals surface area contributed by atoms with Crippen LogP contribution < -0.4 is 5.32 Å². The highest BCUT2D eigenvalue weighted by Crippen LogP contribution is 2.28. The van der Waals surface area contributed by atoms with Crippen molar-refractivity contribution in [1.82, 2.24) is 4.98 Å². The van der Waals surface area contributed by atoms with Crippen molar-refractivity contribution in [1.29, 1.82) is 0 Å². The number of pyridine rings is 1. The normalized spacial score (nSPS) is 10.8. The Balaban J connectivity index is 2.73. The number of hydrogen-bond donors (Lipinski definition) is 1. The van der Waals surface area contributed by atoms with Gasteiger partial charge in [-0.25, -0.2) is 9.37 Å². The Morgan fingerprint density at radius 2 is 2.12 bits per heavy atom. The lowest BCUT2D eigenvalue weighted by Crippen LogP contribution is -2.04. The summed E-state index contributed by atoms with van der Waals surface area (Å²) >= 11 is 3.41. The van der Waals surface area contributed by atoms with E-state index in [0.717, 1.165) is 28.8 Å². The van der Waals surface area contributed by atoms with Gasteiger partial charge in [0.05, 0.1) is 5.52 Å². The van der Waals surface area contributed by atoms with E-state index in [4.69, 9.17) is 0 Å². The minimum absolute atomic E-state index is 0.228. The summed E-state index contributed by atoms with van der Waals surface area (Å²) in [5.74, 6) is 0.613. The summed E-state index contributed by atoms with van der Waals surface area (Å²) in [6.45, 7) is 4.87. The van der Waals surface area contributed by atoms with Gasteiger partial charge in [-0.2, -0.15) is 0 Å². The summed E-state index contributed by atoms with van der Waals surface area (Å²) in [7, 11) is 0. The summed E-state index contributed by atoms with van der Waals surface area (Å²) in [6.07, 6.45) is 0.831. The molecular formula is C13H14BrFN2. The van der Waals surface area contributed by atoms with Crippen LogP contribution in [0, 0.1) is 5.82 Å². The molecule has 2 nitrogen and oxygen atoms in total. The van der Waals surface area contributed by atoms with Crippen LogP contribution in [0.25, 0.3) is 10.9 Å². The number of aryl methyl sites for hydroxylation is 1. The molecule has 0 radical (unpaired) electrons. The van der Waals surface area contributed by atoms with Crippen molar-refractivity contribution in [2.45, 2.75) is 20.3 Å². The van der Waals surface area contributed by atoms with Crippen molar-refractivity contribution in [3.8, 4) is 0 Å². The van der Waals surface area contributed by atoms with Crippen LogP contribution in [0.3, 0.4) is 0 Å². The van der Waals surface area contributed by atoms with E-state index >= 15 is 0 Å². The fourth-order valence-electron chi connectivity index (χ4n) is 1.82. The van der Waals surface area contributed by atoms with Gasteiger partial charge < -0.3 is 5.32 Å². The highest BCUT2D eigenvalue weighted by atomic mass is 79.9. The molecule has 90 valence electrons. The van der Waals surface area contributed by atoms with Crippen LogP contribution >= 0.6 is 15.9 Å². The average molecular weight is 297 g/mol. The second kappa shape index (κ2) is 5.00. The van der Waals surface area contributed by atoms with E-state index in [1.54, 1.807) is 6.07 Å². The monoisotopic (exact) mass is 296 g/mol. The topological polar surface area (TPSA) is 24.9 Å². The fraction of sp³-hybridized carbons (Fsp3) is 0.308. The molecule has 0 fully saturated rings. The number of hydrogen-bond acceptors (Lipinski definition) is 2. The summed E-state index contributed by atoms with van der Waals surface area (Å²) in [4.78, 5) is 4.50. The second-order valence-electron chi connectivity index (χ2n) is 3.81. The highest BCUT2D eigenvalue weighted by molar-refractivity contribution is 9.10. The largest absolute Gasteiger partial charge is 0.370 e. The van der Waals surface area contributed by atoms with E-state index in [1.807, 2.05) is 19.9 Å². The van der Waals surface area contributed by atoms with Gasteiger partial charge in [0.2, 0.25) is 0 Å². The van der Waals surface area contributed by atoms with Crippen molar-refractivity contribution in [2.24, 2.45) is 0 Å². The van der Waals surface area contributed by atoms with Crippen LogP contribution in [0.1, 0.15) is 19.4 Å². The molecule has 1 aromatic carbocycles. The molecule has 0 saturated heterocycles. The number of aromatic nitrogens is 1. The van der Waals surface area contributed by atoms with E-state index in [2.05, 4.69) is 26.2 Å². The van der Waals surface area contributed by atoms with Gasteiger partial charge in [0.1, 0.15) is 11.6 Å². The molecule has 0 bridgehead atoms. The average Bonchev–Trinajstić information content (AvgIpc) is 2.34. The van der Waals surface area contributed by atoms with Crippen LogP contribution in [0.2, 0.25) is 0 Å². The quantitative estimate of drug-likeness (QED) is 0.921. The second-order valence-corrected chi connectivity index (χ2v) is 4.66. The Morgan fingerprint density at radius 1 is 1.35 bits per heavy atom. The van der Waals surface area contributed by atoms with Gasteiger partial charge in [-0.3, -0.25) is 0 Å². The van der Waals surface area contributed by atoms with E-state index in [-0.39, 0.29) is 5.82 Å². The van der Waals surface area contributed by atoms with Gasteiger partial charge in [0.25, 0.3) is 0 Å². The fourth-order valence-corrected chi connectivity index (χ4v) is 2.26. The van der Waals surface area contributed by atoms with E-state index < -0.39 is 0 Å². The molecule has 0 aliphatic heterocycles. The molecule has 2 aromatic rings. The van der Waals surface area contributed by atoms with Crippen molar-refractivity contribution in [3.05, 3.63) is 34.1 Å². The maximum atomic E-state index is 13.7. The van der Waals surface area contributed by atoms with E-state index in [0.29, 0.717) is 10.9 Å². The third-order valence-electron chi connectivity index (χ3n) is 2.69. The van der Waals surface area contributed by atoms with Gasteiger partial charge >= 0.3 is 0 Å². The zero-order valence-electron chi connectivity index (χ0n) is 9.85. The van der Waals surface area contributed by atoms with Crippen molar-refractivity contribution in [2.75, 3.05) is 11.9 Å². The number of halogens is 2. The minimum atomic E-state index is -0.228. The van der Waals surface area contributed by atoms with Gasteiger partial charge in [-0.05, 0) is 53.0 Å². The SMILES string of the molecule is CCNc1nc2c(Br)ccc(F)c2cc1CC. The molecule has 4 heteroatoms. The first-order valence-electron chi connectivity index (χ1n) is 5.68. The van der Waals surface area contributed by atoms with Crippen LogP contribution in [0.5, 0.6) is 0 Å². The maximum Gasteiger partial charge on any atom is 0.132 e. The molecule has 1 N–H and O–H groups in total. The summed E-state index contributed by atoms with van der Waals surface area (Å²) in [5.41, 5.74) is 1.70. The molecule has 0 saturated carbocycles. The summed E-state index contributed by atoms with van der Waals surface area (Å²) < 4.78 is 14.5. The van der Waals surface area contributed by atoms with Crippen LogP contribution in [-0.2, 0) is 6.42 Å². The Bertz CT molecular complexity index is 555.